The molecule has 0 spiro atoms. The lowest BCUT2D eigenvalue weighted by Gasteiger charge is -1.97. The maximum Gasteiger partial charge on any atom is -0.0117 e. The SMILES string of the molecule is CCCc1[c]c(C)ccc1. The zero-order valence-corrected chi connectivity index (χ0v) is 6.65. The van der Waals surface area contributed by atoms with Gasteiger partial charge in [-0.15, -0.1) is 0 Å². The molecule has 0 aliphatic rings. The van der Waals surface area contributed by atoms with Crippen molar-refractivity contribution >= 4 is 0 Å². The minimum atomic E-state index is 1.15. The fraction of sp³-hybridized carbons (Fsp3) is 0.400. The Morgan fingerprint density at radius 3 is 2.80 bits per heavy atom. The molecule has 1 rings (SSSR count). The van der Waals surface area contributed by atoms with E-state index in [1.165, 1.54) is 17.5 Å². The Morgan fingerprint density at radius 1 is 1.40 bits per heavy atom. The normalized spacial score (nSPS) is 9.80. The average molecular weight is 133 g/mol. The molecule has 0 aromatic heterocycles. The van der Waals surface area contributed by atoms with Crippen molar-refractivity contribution in [1.82, 2.24) is 0 Å². The van der Waals surface area contributed by atoms with Gasteiger partial charge in [0.05, 0.1) is 0 Å². The predicted molar refractivity (Wildman–Crippen MR) is 44.0 cm³/mol. The number of hydrogen-bond acceptors (Lipinski definition) is 0. The van der Waals surface area contributed by atoms with Gasteiger partial charge in [0.1, 0.15) is 0 Å². The molecule has 1 radical (unpaired) electrons. The Morgan fingerprint density at radius 2 is 2.20 bits per heavy atom. The van der Waals surface area contributed by atoms with Crippen LogP contribution in [0.25, 0.3) is 0 Å². The highest BCUT2D eigenvalue weighted by atomic mass is 13.9. The molecular weight excluding hydrogens is 120 g/mol. The van der Waals surface area contributed by atoms with Crippen LogP contribution >= 0.6 is 0 Å². The van der Waals surface area contributed by atoms with Crippen LogP contribution in [-0.2, 0) is 6.42 Å². The third kappa shape index (κ3) is 1.87. The highest BCUT2D eigenvalue weighted by molar-refractivity contribution is 5.20. The average Bonchev–Trinajstić information content (AvgIpc) is 1.88. The van der Waals surface area contributed by atoms with Gasteiger partial charge in [0.15, 0.2) is 0 Å². The van der Waals surface area contributed by atoms with Crippen molar-refractivity contribution in [3.63, 3.8) is 0 Å². The molecule has 53 valence electrons. The van der Waals surface area contributed by atoms with Crippen molar-refractivity contribution in [2.24, 2.45) is 0 Å². The summed E-state index contributed by atoms with van der Waals surface area (Å²) in [4.78, 5) is 0. The minimum Gasteiger partial charge on any atom is -0.0651 e. The van der Waals surface area contributed by atoms with Crippen LogP contribution < -0.4 is 0 Å². The topological polar surface area (TPSA) is 0 Å². The van der Waals surface area contributed by atoms with Crippen LogP contribution in [0.1, 0.15) is 24.5 Å². The first-order valence-electron chi connectivity index (χ1n) is 3.80. The molecule has 0 N–H and O–H groups in total. The second kappa shape index (κ2) is 3.40. The Kier molecular flexibility index (Phi) is 2.49. The molecule has 0 fully saturated rings. The Hall–Kier alpha value is -0.780. The fourth-order valence-electron chi connectivity index (χ4n) is 1.06. The third-order valence-electron chi connectivity index (χ3n) is 1.52. The van der Waals surface area contributed by atoms with E-state index in [1.54, 1.807) is 0 Å². The second-order valence-corrected chi connectivity index (χ2v) is 2.61. The van der Waals surface area contributed by atoms with Crippen LogP contribution in [0, 0.1) is 13.0 Å². The van der Waals surface area contributed by atoms with Crippen molar-refractivity contribution in [2.45, 2.75) is 26.7 Å². The van der Waals surface area contributed by atoms with E-state index in [1.807, 2.05) is 0 Å². The highest BCUT2D eigenvalue weighted by Gasteiger charge is 1.89. The zero-order chi connectivity index (χ0) is 7.40. The van der Waals surface area contributed by atoms with E-state index in [4.69, 9.17) is 0 Å². The molecule has 0 nitrogen and oxygen atoms in total. The summed E-state index contributed by atoms with van der Waals surface area (Å²) in [5.74, 6) is 0. The molecule has 0 amide bonds. The monoisotopic (exact) mass is 133 g/mol. The summed E-state index contributed by atoms with van der Waals surface area (Å²) in [6.45, 7) is 4.27. The molecule has 0 atom stereocenters. The van der Waals surface area contributed by atoms with Crippen LogP contribution in [0.3, 0.4) is 0 Å². The smallest absolute Gasteiger partial charge is 0.0117 e. The molecule has 0 aliphatic carbocycles. The molecule has 1 aromatic rings. The molecule has 0 heterocycles. The summed E-state index contributed by atoms with van der Waals surface area (Å²) in [7, 11) is 0. The van der Waals surface area contributed by atoms with Crippen molar-refractivity contribution in [3.05, 3.63) is 35.4 Å². The largest absolute Gasteiger partial charge is 0.0651 e. The first kappa shape index (κ1) is 7.33. The van der Waals surface area contributed by atoms with E-state index in [0.29, 0.717) is 0 Å². The zero-order valence-electron chi connectivity index (χ0n) is 6.65. The summed E-state index contributed by atoms with van der Waals surface area (Å²) < 4.78 is 0. The van der Waals surface area contributed by atoms with Gasteiger partial charge >= 0.3 is 0 Å². The molecule has 0 bridgehead atoms. The first-order valence-corrected chi connectivity index (χ1v) is 3.80. The Balaban J connectivity index is 2.75. The number of aryl methyl sites for hydroxylation is 2. The van der Waals surface area contributed by atoms with Crippen LogP contribution in [0.4, 0.5) is 0 Å². The van der Waals surface area contributed by atoms with E-state index in [9.17, 15) is 0 Å². The summed E-state index contributed by atoms with van der Waals surface area (Å²) in [5, 5.41) is 0. The third-order valence-corrected chi connectivity index (χ3v) is 1.52. The molecular formula is C10H13. The van der Waals surface area contributed by atoms with Gasteiger partial charge in [0.25, 0.3) is 0 Å². The van der Waals surface area contributed by atoms with Gasteiger partial charge in [-0.05, 0) is 30.5 Å². The fourth-order valence-corrected chi connectivity index (χ4v) is 1.06. The molecule has 0 unspecified atom stereocenters. The Labute approximate surface area is 62.9 Å². The lowest BCUT2D eigenvalue weighted by molar-refractivity contribution is 0.918. The van der Waals surface area contributed by atoms with Crippen molar-refractivity contribution < 1.29 is 0 Å². The predicted octanol–water partition coefficient (Wildman–Crippen LogP) is 2.75. The Bertz CT molecular complexity index is 201. The van der Waals surface area contributed by atoms with E-state index in [-0.39, 0.29) is 0 Å². The quantitative estimate of drug-likeness (QED) is 0.582. The van der Waals surface area contributed by atoms with Gasteiger partial charge in [-0.25, -0.2) is 0 Å². The second-order valence-electron chi connectivity index (χ2n) is 2.61. The molecule has 0 saturated heterocycles. The maximum absolute atomic E-state index is 3.31. The van der Waals surface area contributed by atoms with Crippen LogP contribution in [0.2, 0.25) is 0 Å². The van der Waals surface area contributed by atoms with E-state index in [2.05, 4.69) is 38.1 Å². The van der Waals surface area contributed by atoms with Gasteiger partial charge in [-0.2, -0.15) is 0 Å². The van der Waals surface area contributed by atoms with E-state index < -0.39 is 0 Å². The lowest BCUT2D eigenvalue weighted by Crippen LogP contribution is -1.83. The van der Waals surface area contributed by atoms with Crippen LogP contribution in [0.15, 0.2) is 18.2 Å². The molecule has 1 aromatic carbocycles. The van der Waals surface area contributed by atoms with E-state index in [0.717, 1.165) is 6.42 Å². The van der Waals surface area contributed by atoms with Gasteiger partial charge < -0.3 is 0 Å². The molecule has 0 saturated carbocycles. The van der Waals surface area contributed by atoms with Crippen LogP contribution in [-0.4, -0.2) is 0 Å². The lowest BCUT2D eigenvalue weighted by atomic mass is 10.1. The standard InChI is InChI=1S/C10H13/c1-3-5-10-7-4-6-9(2)8-10/h4,6-7H,3,5H2,1-2H3. The number of benzene rings is 1. The summed E-state index contributed by atoms with van der Waals surface area (Å²) in [6, 6.07) is 9.62. The van der Waals surface area contributed by atoms with E-state index >= 15 is 0 Å². The number of hydrogen-bond donors (Lipinski definition) is 0. The summed E-state index contributed by atoms with van der Waals surface area (Å²) in [6.07, 6.45) is 2.36. The van der Waals surface area contributed by atoms with Gasteiger partial charge in [-0.1, -0.05) is 31.5 Å². The first-order chi connectivity index (χ1) is 4.83. The van der Waals surface area contributed by atoms with Gasteiger partial charge in [-0.3, -0.25) is 0 Å². The minimum absolute atomic E-state index is 1.15. The van der Waals surface area contributed by atoms with Crippen molar-refractivity contribution in [1.29, 1.82) is 0 Å². The molecule has 10 heavy (non-hydrogen) atoms. The maximum atomic E-state index is 3.31. The highest BCUT2D eigenvalue weighted by Crippen LogP contribution is 2.04. The summed E-state index contributed by atoms with van der Waals surface area (Å²) in [5.41, 5.74) is 2.58. The van der Waals surface area contributed by atoms with Crippen molar-refractivity contribution in [3.8, 4) is 0 Å². The van der Waals surface area contributed by atoms with Gasteiger partial charge in [0.2, 0.25) is 0 Å². The van der Waals surface area contributed by atoms with Crippen molar-refractivity contribution in [2.75, 3.05) is 0 Å². The van der Waals surface area contributed by atoms with Gasteiger partial charge in [0, 0.05) is 0 Å². The van der Waals surface area contributed by atoms with Crippen LogP contribution in [0.5, 0.6) is 0 Å². The summed E-state index contributed by atoms with van der Waals surface area (Å²) >= 11 is 0. The molecule has 0 heteroatoms. The molecule has 0 aliphatic heterocycles. The number of rotatable bonds is 2.